The molecule has 0 spiro atoms. The molecule has 21 heavy (non-hydrogen) atoms. The molecule has 0 saturated heterocycles. The van der Waals surface area contributed by atoms with Gasteiger partial charge in [-0.3, -0.25) is 9.78 Å². The van der Waals surface area contributed by atoms with Crippen LogP contribution < -0.4 is 5.32 Å². The minimum absolute atomic E-state index is 0.335. The van der Waals surface area contributed by atoms with Crippen LogP contribution in [-0.2, 0) is 9.53 Å². The number of nitrogens with zero attached hydrogens (tertiary/aromatic N) is 1. The molecule has 1 heterocycles. The number of hydrogen-bond acceptors (Lipinski definition) is 4. The summed E-state index contributed by atoms with van der Waals surface area (Å²) in [6.07, 6.45) is 3.29. The topological polar surface area (TPSA) is 51.2 Å². The van der Waals surface area contributed by atoms with E-state index in [-0.39, 0.29) is 12.0 Å². The molecule has 0 amide bonds. The van der Waals surface area contributed by atoms with Crippen LogP contribution in [0.15, 0.2) is 67.4 Å². The fourth-order valence-corrected chi connectivity index (χ4v) is 2.13. The van der Waals surface area contributed by atoms with Crippen LogP contribution in [0.3, 0.4) is 0 Å². The van der Waals surface area contributed by atoms with Crippen molar-refractivity contribution in [2.24, 2.45) is 5.92 Å². The molecule has 2 rings (SSSR count). The SMILES string of the molecule is C=C[C@@H](C(=O)OC)[C@H](Nc1ccccc1)c1ccccn1. The maximum absolute atomic E-state index is 12.0. The molecule has 0 aliphatic carbocycles. The molecule has 2 aromatic rings. The summed E-state index contributed by atoms with van der Waals surface area (Å²) in [5.41, 5.74) is 1.67. The maximum atomic E-state index is 12.0. The lowest BCUT2D eigenvalue weighted by Crippen LogP contribution is -2.28. The number of para-hydroxylation sites is 1. The summed E-state index contributed by atoms with van der Waals surface area (Å²) in [5, 5.41) is 3.33. The largest absolute Gasteiger partial charge is 0.468 e. The Morgan fingerprint density at radius 1 is 1.24 bits per heavy atom. The number of anilines is 1. The van der Waals surface area contributed by atoms with Crippen molar-refractivity contribution in [3.05, 3.63) is 73.1 Å². The van der Waals surface area contributed by atoms with Crippen molar-refractivity contribution in [3.8, 4) is 0 Å². The molecule has 1 N–H and O–H groups in total. The van der Waals surface area contributed by atoms with Crippen LogP contribution in [0.25, 0.3) is 0 Å². The highest BCUT2D eigenvalue weighted by Gasteiger charge is 2.28. The molecule has 2 atom stereocenters. The molecule has 0 fully saturated rings. The zero-order chi connectivity index (χ0) is 15.1. The van der Waals surface area contributed by atoms with Gasteiger partial charge in [0.25, 0.3) is 0 Å². The molecule has 4 nitrogen and oxygen atoms in total. The van der Waals surface area contributed by atoms with E-state index in [1.807, 2.05) is 48.5 Å². The summed E-state index contributed by atoms with van der Waals surface area (Å²) in [6.45, 7) is 3.75. The first-order chi connectivity index (χ1) is 10.3. The van der Waals surface area contributed by atoms with E-state index in [0.717, 1.165) is 11.4 Å². The van der Waals surface area contributed by atoms with Crippen LogP contribution in [0.1, 0.15) is 11.7 Å². The van der Waals surface area contributed by atoms with Gasteiger partial charge < -0.3 is 10.1 Å². The minimum Gasteiger partial charge on any atom is -0.468 e. The molecular weight excluding hydrogens is 264 g/mol. The number of carbonyl (C=O) groups is 1. The number of methoxy groups -OCH3 is 1. The second kappa shape index (κ2) is 7.24. The second-order valence-corrected chi connectivity index (χ2v) is 4.53. The molecule has 0 bridgehead atoms. The van der Waals surface area contributed by atoms with Crippen LogP contribution in [-0.4, -0.2) is 18.1 Å². The Balaban J connectivity index is 2.34. The van der Waals surface area contributed by atoms with Gasteiger partial charge in [0.15, 0.2) is 0 Å². The standard InChI is InChI=1S/C17H18N2O2/c1-3-14(17(20)21-2)16(15-11-7-8-12-18-15)19-13-9-5-4-6-10-13/h3-12,14,16,19H,1H2,2H3/t14-,16+/m1/s1. The number of esters is 1. The lowest BCUT2D eigenvalue weighted by atomic mass is 9.96. The number of ether oxygens (including phenoxy) is 1. The highest BCUT2D eigenvalue weighted by atomic mass is 16.5. The number of pyridine rings is 1. The number of nitrogens with one attached hydrogen (secondary N) is 1. The van der Waals surface area contributed by atoms with E-state index < -0.39 is 5.92 Å². The third-order valence-corrected chi connectivity index (χ3v) is 3.19. The number of hydrogen-bond donors (Lipinski definition) is 1. The number of benzene rings is 1. The predicted octanol–water partition coefficient (Wildman–Crippen LogP) is 3.21. The van der Waals surface area contributed by atoms with Gasteiger partial charge in [-0.25, -0.2) is 0 Å². The summed E-state index contributed by atoms with van der Waals surface area (Å²) >= 11 is 0. The van der Waals surface area contributed by atoms with Gasteiger partial charge in [0, 0.05) is 11.9 Å². The summed E-state index contributed by atoms with van der Waals surface area (Å²) in [7, 11) is 1.37. The van der Waals surface area contributed by atoms with Gasteiger partial charge in [-0.1, -0.05) is 30.3 Å². The van der Waals surface area contributed by atoms with Gasteiger partial charge in [0.1, 0.15) is 5.92 Å². The number of rotatable bonds is 6. The zero-order valence-corrected chi connectivity index (χ0v) is 11.9. The number of carbonyl (C=O) groups excluding carboxylic acids is 1. The molecule has 0 unspecified atom stereocenters. The Kier molecular flexibility index (Phi) is 5.10. The van der Waals surface area contributed by atoms with E-state index in [2.05, 4.69) is 16.9 Å². The molecule has 0 aliphatic rings. The van der Waals surface area contributed by atoms with Crippen molar-refractivity contribution in [1.82, 2.24) is 4.98 Å². The fourth-order valence-electron chi connectivity index (χ4n) is 2.13. The summed E-state index contributed by atoms with van der Waals surface area (Å²) in [4.78, 5) is 16.3. The molecule has 0 saturated carbocycles. The van der Waals surface area contributed by atoms with E-state index >= 15 is 0 Å². The Bertz CT molecular complexity index is 584. The monoisotopic (exact) mass is 282 g/mol. The third-order valence-electron chi connectivity index (χ3n) is 3.19. The molecule has 0 radical (unpaired) electrons. The minimum atomic E-state index is -0.523. The molecule has 4 heteroatoms. The quantitative estimate of drug-likeness (QED) is 0.653. The van der Waals surface area contributed by atoms with E-state index in [9.17, 15) is 4.79 Å². The van der Waals surface area contributed by atoms with Gasteiger partial charge in [-0.05, 0) is 24.3 Å². The van der Waals surface area contributed by atoms with E-state index in [4.69, 9.17) is 4.74 Å². The highest BCUT2D eigenvalue weighted by molar-refractivity contribution is 5.76. The summed E-state index contributed by atoms with van der Waals surface area (Å²) < 4.78 is 4.87. The average Bonchev–Trinajstić information content (AvgIpc) is 2.56. The van der Waals surface area contributed by atoms with Gasteiger partial charge in [-0.2, -0.15) is 0 Å². The Morgan fingerprint density at radius 2 is 1.95 bits per heavy atom. The number of aromatic nitrogens is 1. The molecular formula is C17H18N2O2. The zero-order valence-electron chi connectivity index (χ0n) is 11.9. The van der Waals surface area contributed by atoms with Gasteiger partial charge in [0.05, 0.1) is 18.8 Å². The lowest BCUT2D eigenvalue weighted by Gasteiger charge is -2.24. The maximum Gasteiger partial charge on any atom is 0.315 e. The first-order valence-electron chi connectivity index (χ1n) is 6.69. The lowest BCUT2D eigenvalue weighted by molar-refractivity contribution is -0.144. The Morgan fingerprint density at radius 3 is 2.52 bits per heavy atom. The highest BCUT2D eigenvalue weighted by Crippen LogP contribution is 2.27. The van der Waals surface area contributed by atoms with E-state index in [0.29, 0.717) is 0 Å². The second-order valence-electron chi connectivity index (χ2n) is 4.53. The van der Waals surface area contributed by atoms with Crippen molar-refractivity contribution in [3.63, 3.8) is 0 Å². The van der Waals surface area contributed by atoms with E-state index in [1.165, 1.54) is 7.11 Å². The molecule has 0 aliphatic heterocycles. The van der Waals surface area contributed by atoms with Crippen molar-refractivity contribution in [2.45, 2.75) is 6.04 Å². The smallest absolute Gasteiger partial charge is 0.315 e. The Hall–Kier alpha value is -2.62. The van der Waals surface area contributed by atoms with Crippen LogP contribution in [0.4, 0.5) is 5.69 Å². The van der Waals surface area contributed by atoms with E-state index in [1.54, 1.807) is 12.3 Å². The van der Waals surface area contributed by atoms with Crippen molar-refractivity contribution < 1.29 is 9.53 Å². The molecule has 108 valence electrons. The van der Waals surface area contributed by atoms with Crippen molar-refractivity contribution in [1.29, 1.82) is 0 Å². The first-order valence-corrected chi connectivity index (χ1v) is 6.69. The predicted molar refractivity (Wildman–Crippen MR) is 82.7 cm³/mol. The summed E-state index contributed by atoms with van der Waals surface area (Å²) in [6, 6.07) is 14.9. The van der Waals surface area contributed by atoms with Crippen LogP contribution in [0, 0.1) is 5.92 Å². The van der Waals surface area contributed by atoms with Gasteiger partial charge in [0.2, 0.25) is 0 Å². The molecule has 1 aromatic carbocycles. The Labute approximate surface area is 124 Å². The summed E-state index contributed by atoms with van der Waals surface area (Å²) in [5.74, 6) is -0.866. The van der Waals surface area contributed by atoms with Crippen LogP contribution in [0.5, 0.6) is 0 Å². The van der Waals surface area contributed by atoms with Crippen molar-refractivity contribution in [2.75, 3.05) is 12.4 Å². The average molecular weight is 282 g/mol. The normalized spacial score (nSPS) is 13.0. The van der Waals surface area contributed by atoms with Crippen molar-refractivity contribution >= 4 is 11.7 Å². The fraction of sp³-hybridized carbons (Fsp3) is 0.176. The molecule has 1 aromatic heterocycles. The van der Waals surface area contributed by atoms with Gasteiger partial charge >= 0.3 is 5.97 Å². The van der Waals surface area contributed by atoms with Gasteiger partial charge in [-0.15, -0.1) is 6.58 Å². The third kappa shape index (κ3) is 3.69. The first kappa shape index (κ1) is 14.8. The van der Waals surface area contributed by atoms with Crippen LogP contribution >= 0.6 is 0 Å². The van der Waals surface area contributed by atoms with Crippen LogP contribution in [0.2, 0.25) is 0 Å².